The minimum absolute atomic E-state index is 0.109. The van der Waals surface area contributed by atoms with Gasteiger partial charge in [0, 0.05) is 24.0 Å². The molecule has 130 valence electrons. The molecule has 1 aliphatic heterocycles. The van der Waals surface area contributed by atoms with Crippen LogP contribution in [0.4, 0.5) is 0 Å². The molecule has 1 saturated carbocycles. The summed E-state index contributed by atoms with van der Waals surface area (Å²) in [7, 11) is 0. The zero-order valence-corrected chi connectivity index (χ0v) is 15.3. The van der Waals surface area contributed by atoms with E-state index < -0.39 is 22.7 Å². The van der Waals surface area contributed by atoms with E-state index in [1.54, 1.807) is 25.6 Å². The molecule has 3 rings (SSSR count). The van der Waals surface area contributed by atoms with Crippen LogP contribution in [0.2, 0.25) is 0 Å². The van der Waals surface area contributed by atoms with Crippen molar-refractivity contribution >= 4 is 17.6 Å². The Labute approximate surface area is 151 Å². The Balaban J connectivity index is 2.17. The molecular weight excluding hydrogens is 336 g/mol. The van der Waals surface area contributed by atoms with Crippen LogP contribution in [-0.2, 0) is 9.47 Å². The zero-order valence-electron chi connectivity index (χ0n) is 14.4. The van der Waals surface area contributed by atoms with E-state index in [0.717, 1.165) is 10.5 Å². The van der Waals surface area contributed by atoms with E-state index >= 15 is 0 Å². The first-order valence-corrected chi connectivity index (χ1v) is 9.36. The van der Waals surface area contributed by atoms with Crippen LogP contribution in [0.1, 0.15) is 25.3 Å². The van der Waals surface area contributed by atoms with E-state index in [1.165, 1.54) is 0 Å². The van der Waals surface area contributed by atoms with Gasteiger partial charge in [0.15, 0.2) is 5.41 Å². The molecule has 1 aromatic rings. The lowest BCUT2D eigenvalue weighted by Gasteiger charge is -2.31. The minimum atomic E-state index is -1.55. The van der Waals surface area contributed by atoms with Crippen molar-refractivity contribution in [1.29, 1.82) is 10.5 Å². The summed E-state index contributed by atoms with van der Waals surface area (Å²) in [6, 6.07) is 12.4. The molecule has 0 amide bonds. The van der Waals surface area contributed by atoms with Crippen LogP contribution in [-0.4, -0.2) is 31.2 Å². The van der Waals surface area contributed by atoms with Crippen LogP contribution in [0.3, 0.4) is 0 Å². The Kier molecular flexibility index (Phi) is 4.28. The van der Waals surface area contributed by atoms with Crippen molar-refractivity contribution < 1.29 is 9.47 Å². The van der Waals surface area contributed by atoms with Gasteiger partial charge in [-0.05, 0) is 37.8 Å². The molecule has 0 saturated heterocycles. The molecule has 1 heterocycles. The first kappa shape index (κ1) is 17.8. The number of fused-ring (bicyclic) bond motifs is 1. The second kappa shape index (κ2) is 6.03. The van der Waals surface area contributed by atoms with Gasteiger partial charge in [-0.3, -0.25) is 0 Å². The molecule has 1 fully saturated rings. The molecule has 1 aliphatic carbocycles. The highest BCUT2D eigenvalue weighted by Crippen LogP contribution is 2.81. The zero-order chi connectivity index (χ0) is 18.3. The third kappa shape index (κ3) is 1.95. The molecule has 3 atom stereocenters. The Morgan fingerprint density at radius 3 is 2.20 bits per heavy atom. The van der Waals surface area contributed by atoms with Crippen LogP contribution in [0.5, 0.6) is 0 Å². The smallest absolute Gasteiger partial charge is 0.293 e. The second-order valence-corrected chi connectivity index (χ2v) is 6.87. The molecule has 0 unspecified atom stereocenters. The minimum Gasteiger partial charge on any atom is -0.386 e. The van der Waals surface area contributed by atoms with E-state index in [1.807, 2.05) is 30.5 Å². The van der Waals surface area contributed by atoms with Crippen molar-refractivity contribution in [3.63, 3.8) is 0 Å². The van der Waals surface area contributed by atoms with Crippen molar-refractivity contribution in [2.75, 3.05) is 19.5 Å². The number of hydrogen-bond donors (Lipinski definition) is 1. The summed E-state index contributed by atoms with van der Waals surface area (Å²) >= 11 is 1.63. The molecular formula is C18H20N4O2S. The van der Waals surface area contributed by atoms with Gasteiger partial charge in [0.2, 0.25) is 0 Å². The predicted octanol–water partition coefficient (Wildman–Crippen LogP) is 2.62. The standard InChI is InChI=1S/C18H20N4O2S/c1-4-23-18(24-5-2)17(11-20)14(16(17,10-19)15(21)22-18)12-6-8-13(25-3)9-7-12/h6-9,14H,4-5H2,1-3H3,(H2,21,22)/t14-,16+,17+/m0/s1. The highest BCUT2D eigenvalue weighted by atomic mass is 32.2. The average molecular weight is 356 g/mol. The van der Waals surface area contributed by atoms with Gasteiger partial charge in [-0.1, -0.05) is 12.1 Å². The Hall–Kier alpha value is -2.06. The number of hydrogen-bond acceptors (Lipinski definition) is 7. The molecule has 1 aromatic carbocycles. The predicted molar refractivity (Wildman–Crippen MR) is 94.7 cm³/mol. The number of thioether (sulfide) groups is 1. The summed E-state index contributed by atoms with van der Waals surface area (Å²) in [5.74, 6) is -1.88. The lowest BCUT2D eigenvalue weighted by molar-refractivity contribution is -0.255. The van der Waals surface area contributed by atoms with Gasteiger partial charge in [0.1, 0.15) is 11.3 Å². The molecule has 0 spiro atoms. The fraction of sp³-hybridized carbons (Fsp3) is 0.500. The largest absolute Gasteiger partial charge is 0.386 e. The maximum atomic E-state index is 10.1. The maximum Gasteiger partial charge on any atom is 0.293 e. The molecule has 7 heteroatoms. The molecule has 0 aromatic heterocycles. The van der Waals surface area contributed by atoms with Gasteiger partial charge < -0.3 is 15.2 Å². The number of amidine groups is 1. The SMILES string of the molecule is CCOC1(OCC)N=C(N)[C@@]2(C#N)[C@H](c3ccc(SC)cc3)[C@@]12C#N. The van der Waals surface area contributed by atoms with E-state index in [-0.39, 0.29) is 5.84 Å². The van der Waals surface area contributed by atoms with Crippen molar-refractivity contribution in [2.45, 2.75) is 30.6 Å². The van der Waals surface area contributed by atoms with E-state index in [9.17, 15) is 10.5 Å². The molecule has 0 bridgehead atoms. The summed E-state index contributed by atoms with van der Waals surface area (Å²) in [6.45, 7) is 4.18. The van der Waals surface area contributed by atoms with Gasteiger partial charge in [-0.2, -0.15) is 10.5 Å². The van der Waals surface area contributed by atoms with E-state index in [4.69, 9.17) is 15.2 Å². The van der Waals surface area contributed by atoms with E-state index in [0.29, 0.717) is 13.2 Å². The number of ether oxygens (including phenoxy) is 2. The summed E-state index contributed by atoms with van der Waals surface area (Å²) in [4.78, 5) is 5.43. The first-order valence-electron chi connectivity index (χ1n) is 8.13. The lowest BCUT2D eigenvalue weighted by Crippen LogP contribution is -2.43. The Morgan fingerprint density at radius 1 is 1.16 bits per heavy atom. The van der Waals surface area contributed by atoms with Crippen LogP contribution < -0.4 is 5.73 Å². The summed E-state index contributed by atoms with van der Waals surface area (Å²) < 4.78 is 11.6. The maximum absolute atomic E-state index is 10.1. The van der Waals surface area contributed by atoms with Crippen molar-refractivity contribution in [3.05, 3.63) is 29.8 Å². The first-order chi connectivity index (χ1) is 12.0. The van der Waals surface area contributed by atoms with Gasteiger partial charge in [-0.25, -0.2) is 4.99 Å². The highest BCUT2D eigenvalue weighted by Gasteiger charge is 2.93. The van der Waals surface area contributed by atoms with Crippen molar-refractivity contribution in [3.8, 4) is 12.1 Å². The summed E-state index contributed by atoms with van der Waals surface area (Å²) in [5, 5.41) is 20.1. The molecule has 0 radical (unpaired) electrons. The number of nitrogens with zero attached hydrogens (tertiary/aromatic N) is 3. The fourth-order valence-electron chi connectivity index (χ4n) is 4.05. The van der Waals surface area contributed by atoms with Gasteiger partial charge in [-0.15, -0.1) is 11.8 Å². The lowest BCUT2D eigenvalue weighted by atomic mass is 9.93. The monoisotopic (exact) mass is 356 g/mol. The summed E-state index contributed by atoms with van der Waals surface area (Å²) in [5.41, 5.74) is 4.51. The molecule has 6 nitrogen and oxygen atoms in total. The molecule has 2 aliphatic rings. The normalized spacial score (nSPS) is 31.6. The van der Waals surface area contributed by atoms with Gasteiger partial charge >= 0.3 is 0 Å². The highest BCUT2D eigenvalue weighted by molar-refractivity contribution is 7.98. The van der Waals surface area contributed by atoms with Crippen LogP contribution >= 0.6 is 11.8 Å². The van der Waals surface area contributed by atoms with Crippen LogP contribution in [0, 0.1) is 33.5 Å². The summed E-state index contributed by atoms with van der Waals surface area (Å²) in [6.07, 6.45) is 1.99. The molecule has 2 N–H and O–H groups in total. The number of benzene rings is 1. The van der Waals surface area contributed by atoms with Crippen LogP contribution in [0.25, 0.3) is 0 Å². The topological polar surface area (TPSA) is 104 Å². The average Bonchev–Trinajstić information content (AvgIpc) is 3.21. The Bertz CT molecular complexity index is 789. The molecule has 25 heavy (non-hydrogen) atoms. The fourth-order valence-corrected chi connectivity index (χ4v) is 4.45. The van der Waals surface area contributed by atoms with Crippen molar-refractivity contribution in [2.24, 2.45) is 21.6 Å². The second-order valence-electron chi connectivity index (χ2n) is 5.99. The van der Waals surface area contributed by atoms with Gasteiger partial charge in [0.25, 0.3) is 5.91 Å². The quantitative estimate of drug-likeness (QED) is 0.620. The van der Waals surface area contributed by atoms with Crippen molar-refractivity contribution in [1.82, 2.24) is 0 Å². The number of rotatable bonds is 6. The van der Waals surface area contributed by atoms with Crippen LogP contribution in [0.15, 0.2) is 34.2 Å². The van der Waals surface area contributed by atoms with Gasteiger partial charge in [0.05, 0.1) is 12.1 Å². The third-order valence-electron chi connectivity index (χ3n) is 5.06. The third-order valence-corrected chi connectivity index (χ3v) is 5.80. The number of nitrogens with two attached hydrogens (primary N) is 1. The number of nitriles is 2. The number of aliphatic imine (C=N–C) groups is 1. The van der Waals surface area contributed by atoms with E-state index in [2.05, 4.69) is 17.1 Å². The Morgan fingerprint density at radius 2 is 1.76 bits per heavy atom.